The van der Waals surface area contributed by atoms with E-state index in [0.29, 0.717) is 11.9 Å². The lowest BCUT2D eigenvalue weighted by atomic mass is 9.96. The molecular formula is C24H38N2O3. The van der Waals surface area contributed by atoms with Crippen LogP contribution >= 0.6 is 0 Å². The summed E-state index contributed by atoms with van der Waals surface area (Å²) < 4.78 is 10.5. The Morgan fingerprint density at radius 2 is 1.62 bits per heavy atom. The maximum absolute atomic E-state index is 13.2. The van der Waals surface area contributed by atoms with Gasteiger partial charge in [0.15, 0.2) is 0 Å². The van der Waals surface area contributed by atoms with Crippen LogP contribution in [0.15, 0.2) is 18.2 Å². The summed E-state index contributed by atoms with van der Waals surface area (Å²) in [5.41, 5.74) is 3.99. The first-order valence-corrected chi connectivity index (χ1v) is 11.3. The van der Waals surface area contributed by atoms with Crippen molar-refractivity contribution < 1.29 is 14.3 Å². The number of carbonyl (C=O) groups excluding carboxylic acids is 1. The van der Waals surface area contributed by atoms with Crippen molar-refractivity contribution >= 4 is 5.91 Å². The molecule has 0 unspecified atom stereocenters. The number of amides is 1. The van der Waals surface area contributed by atoms with Gasteiger partial charge >= 0.3 is 0 Å². The fourth-order valence-corrected chi connectivity index (χ4v) is 4.33. The van der Waals surface area contributed by atoms with Crippen LogP contribution in [0.1, 0.15) is 55.2 Å². The van der Waals surface area contributed by atoms with Gasteiger partial charge in [0, 0.05) is 46.6 Å². The normalized spacial score (nSPS) is 19.3. The molecule has 1 aliphatic carbocycles. The fraction of sp³-hybridized carbons (Fsp3) is 0.708. The maximum Gasteiger partial charge on any atom is 0.227 e. The summed E-state index contributed by atoms with van der Waals surface area (Å²) in [7, 11) is 3.51. The maximum atomic E-state index is 13.2. The average molecular weight is 403 g/mol. The largest absolute Gasteiger partial charge is 0.385 e. The van der Waals surface area contributed by atoms with Crippen LogP contribution in [-0.4, -0.2) is 57.4 Å². The predicted molar refractivity (Wildman–Crippen MR) is 116 cm³/mol. The molecule has 1 saturated carbocycles. The second-order valence-corrected chi connectivity index (χ2v) is 8.59. The number of benzene rings is 1. The van der Waals surface area contributed by atoms with Gasteiger partial charge < -0.3 is 19.7 Å². The van der Waals surface area contributed by atoms with Crippen molar-refractivity contribution in [1.29, 1.82) is 0 Å². The van der Waals surface area contributed by atoms with Crippen LogP contribution in [0.5, 0.6) is 0 Å². The number of nitrogens with one attached hydrogen (secondary N) is 1. The molecule has 2 aliphatic rings. The van der Waals surface area contributed by atoms with Crippen LogP contribution in [0.3, 0.4) is 0 Å². The minimum absolute atomic E-state index is 0.149. The lowest BCUT2D eigenvalue weighted by molar-refractivity contribution is -0.137. The number of piperidine rings is 1. The molecular weight excluding hydrogens is 364 g/mol. The van der Waals surface area contributed by atoms with E-state index in [9.17, 15) is 4.79 Å². The molecule has 29 heavy (non-hydrogen) atoms. The molecule has 3 rings (SSSR count). The summed E-state index contributed by atoms with van der Waals surface area (Å²) in [5.74, 6) is 0.501. The molecule has 5 nitrogen and oxygen atoms in total. The Bertz CT molecular complexity index is 611. The number of hydrogen-bond acceptors (Lipinski definition) is 4. The molecule has 0 aromatic heterocycles. The van der Waals surface area contributed by atoms with Crippen LogP contribution in [0.4, 0.5) is 0 Å². The number of aryl methyl sites for hydroxylation is 2. The molecule has 1 aliphatic heterocycles. The zero-order chi connectivity index (χ0) is 20.5. The van der Waals surface area contributed by atoms with Gasteiger partial charge in [-0.15, -0.1) is 0 Å². The van der Waals surface area contributed by atoms with E-state index < -0.39 is 0 Å². The van der Waals surface area contributed by atoms with E-state index >= 15 is 0 Å². The van der Waals surface area contributed by atoms with Crippen molar-refractivity contribution in [3.8, 4) is 0 Å². The SMILES string of the molecule is COCCCc1cc(CCCOC)cc(CN(C(=O)[C@@H]2CCCNC2)C2CC2)c1. The summed E-state index contributed by atoms with van der Waals surface area (Å²) in [6, 6.07) is 7.37. The van der Waals surface area contributed by atoms with E-state index in [4.69, 9.17) is 9.47 Å². The van der Waals surface area contributed by atoms with Crippen LogP contribution in [0.2, 0.25) is 0 Å². The highest BCUT2D eigenvalue weighted by Crippen LogP contribution is 2.31. The summed E-state index contributed by atoms with van der Waals surface area (Å²) in [4.78, 5) is 15.4. The first kappa shape index (κ1) is 22.3. The van der Waals surface area contributed by atoms with Gasteiger partial charge in [0.2, 0.25) is 5.91 Å². The Hall–Kier alpha value is -1.43. The van der Waals surface area contributed by atoms with Crippen molar-refractivity contribution in [3.05, 3.63) is 34.9 Å². The van der Waals surface area contributed by atoms with Crippen molar-refractivity contribution in [2.45, 2.75) is 64.0 Å². The molecule has 1 amide bonds. The van der Waals surface area contributed by atoms with E-state index in [0.717, 1.165) is 84.2 Å². The monoisotopic (exact) mass is 402 g/mol. The van der Waals surface area contributed by atoms with E-state index in [2.05, 4.69) is 28.4 Å². The van der Waals surface area contributed by atoms with Crippen molar-refractivity contribution in [3.63, 3.8) is 0 Å². The summed E-state index contributed by atoms with van der Waals surface area (Å²) >= 11 is 0. The molecule has 1 N–H and O–H groups in total. The number of ether oxygens (including phenoxy) is 2. The van der Waals surface area contributed by atoms with E-state index in [1.54, 1.807) is 14.2 Å². The minimum atomic E-state index is 0.149. The average Bonchev–Trinajstić information content (AvgIpc) is 3.58. The van der Waals surface area contributed by atoms with E-state index in [-0.39, 0.29) is 5.92 Å². The fourth-order valence-electron chi connectivity index (χ4n) is 4.33. The lowest BCUT2D eigenvalue weighted by Crippen LogP contribution is -2.43. The third-order valence-electron chi connectivity index (χ3n) is 6.01. The molecule has 1 atom stereocenters. The summed E-state index contributed by atoms with van der Waals surface area (Å²) in [6.07, 6.45) is 8.51. The molecule has 162 valence electrons. The molecule has 5 heteroatoms. The second-order valence-electron chi connectivity index (χ2n) is 8.59. The number of carbonyl (C=O) groups is 1. The minimum Gasteiger partial charge on any atom is -0.385 e. The molecule has 1 heterocycles. The Morgan fingerprint density at radius 3 is 2.14 bits per heavy atom. The van der Waals surface area contributed by atoms with Gasteiger partial charge in [0.05, 0.1) is 5.92 Å². The van der Waals surface area contributed by atoms with Crippen molar-refractivity contribution in [1.82, 2.24) is 10.2 Å². The molecule has 0 radical (unpaired) electrons. The van der Waals surface area contributed by atoms with E-state index in [1.807, 2.05) is 0 Å². The van der Waals surface area contributed by atoms with E-state index in [1.165, 1.54) is 16.7 Å². The zero-order valence-corrected chi connectivity index (χ0v) is 18.3. The lowest BCUT2D eigenvalue weighted by Gasteiger charge is -2.30. The van der Waals surface area contributed by atoms with Gasteiger partial charge in [-0.1, -0.05) is 18.2 Å². The molecule has 1 aromatic carbocycles. The van der Waals surface area contributed by atoms with Gasteiger partial charge in [0.1, 0.15) is 0 Å². The van der Waals surface area contributed by atoms with Gasteiger partial charge in [-0.05, 0) is 74.6 Å². The van der Waals surface area contributed by atoms with Crippen LogP contribution < -0.4 is 5.32 Å². The third kappa shape index (κ3) is 7.09. The molecule has 2 fully saturated rings. The Morgan fingerprint density at radius 1 is 1.00 bits per heavy atom. The van der Waals surface area contributed by atoms with Crippen molar-refractivity contribution in [2.75, 3.05) is 40.5 Å². The van der Waals surface area contributed by atoms with Crippen LogP contribution in [0, 0.1) is 5.92 Å². The Balaban J connectivity index is 1.71. The number of rotatable bonds is 12. The second kappa shape index (κ2) is 11.7. The summed E-state index contributed by atoms with van der Waals surface area (Å²) in [6.45, 7) is 4.19. The molecule has 1 saturated heterocycles. The number of nitrogens with zero attached hydrogens (tertiary/aromatic N) is 1. The number of hydrogen-bond donors (Lipinski definition) is 1. The standard InChI is InChI=1S/C24H38N2O3/c1-28-12-4-6-19-14-20(7-5-13-29-2)16-21(15-19)18-26(23-9-10-23)24(27)22-8-3-11-25-17-22/h14-16,22-23,25H,3-13,17-18H2,1-2H3/t22-/m1/s1. The third-order valence-corrected chi connectivity index (χ3v) is 6.01. The van der Waals surface area contributed by atoms with Gasteiger partial charge in [-0.25, -0.2) is 0 Å². The first-order valence-electron chi connectivity index (χ1n) is 11.3. The van der Waals surface area contributed by atoms with Crippen LogP contribution in [0.25, 0.3) is 0 Å². The predicted octanol–water partition coefficient (Wildman–Crippen LogP) is 3.34. The Labute approximate surface area is 176 Å². The molecule has 0 bridgehead atoms. The highest BCUT2D eigenvalue weighted by Gasteiger charge is 2.36. The molecule has 0 spiro atoms. The van der Waals surface area contributed by atoms with Crippen LogP contribution in [-0.2, 0) is 33.7 Å². The highest BCUT2D eigenvalue weighted by atomic mass is 16.5. The van der Waals surface area contributed by atoms with Crippen molar-refractivity contribution in [2.24, 2.45) is 5.92 Å². The zero-order valence-electron chi connectivity index (χ0n) is 18.3. The smallest absolute Gasteiger partial charge is 0.227 e. The summed E-state index contributed by atoms with van der Waals surface area (Å²) in [5, 5.41) is 3.40. The van der Waals surface area contributed by atoms with Gasteiger partial charge in [-0.2, -0.15) is 0 Å². The number of methoxy groups -OCH3 is 2. The highest BCUT2D eigenvalue weighted by molar-refractivity contribution is 5.80. The molecule has 1 aromatic rings. The van der Waals surface area contributed by atoms with Gasteiger partial charge in [0.25, 0.3) is 0 Å². The topological polar surface area (TPSA) is 50.8 Å². The first-order chi connectivity index (χ1) is 14.2. The Kier molecular flexibility index (Phi) is 8.96. The quantitative estimate of drug-likeness (QED) is 0.545. The van der Waals surface area contributed by atoms with Gasteiger partial charge in [-0.3, -0.25) is 4.79 Å².